The van der Waals surface area contributed by atoms with Crippen molar-refractivity contribution in [1.29, 1.82) is 0 Å². The number of nitrogens with one attached hydrogen (secondary N) is 1. The number of aromatic nitrogens is 1. The van der Waals surface area contributed by atoms with Crippen LogP contribution in [-0.2, 0) is 4.79 Å². The Morgan fingerprint density at radius 1 is 1.24 bits per heavy atom. The summed E-state index contributed by atoms with van der Waals surface area (Å²) >= 11 is 0. The van der Waals surface area contributed by atoms with E-state index in [4.69, 9.17) is 5.11 Å². The lowest BCUT2D eigenvalue weighted by atomic mass is 10.1. The summed E-state index contributed by atoms with van der Waals surface area (Å²) in [6, 6.07) is 9.06. The summed E-state index contributed by atoms with van der Waals surface area (Å²) in [5.41, 5.74) is 1.43. The molecule has 2 aromatic rings. The third kappa shape index (κ3) is 2.86. The molecule has 21 heavy (non-hydrogen) atoms. The number of rotatable bonds is 3. The van der Waals surface area contributed by atoms with Crippen LogP contribution in [0.3, 0.4) is 0 Å². The Morgan fingerprint density at radius 2 is 2.10 bits per heavy atom. The summed E-state index contributed by atoms with van der Waals surface area (Å²) in [6.45, 7) is 0. The first kappa shape index (κ1) is 13.5. The highest BCUT2D eigenvalue weighted by atomic mass is 16.4. The summed E-state index contributed by atoms with van der Waals surface area (Å²) < 4.78 is 0. The third-order valence-corrected chi connectivity index (χ3v) is 3.98. The summed E-state index contributed by atoms with van der Waals surface area (Å²) in [5, 5.41) is 12.8. The molecule has 2 N–H and O–H groups in total. The number of hydrogen-bond acceptors (Lipinski definition) is 3. The highest BCUT2D eigenvalue weighted by Gasteiger charge is 2.30. The number of benzene rings is 1. The molecule has 1 saturated carbocycles. The molecule has 1 heterocycles. The number of carbonyl (C=O) groups excluding carboxylic acids is 1. The number of fused-ring (bicyclic) bond motifs is 1. The van der Waals surface area contributed by atoms with Crippen molar-refractivity contribution in [3.63, 3.8) is 0 Å². The van der Waals surface area contributed by atoms with Gasteiger partial charge in [-0.05, 0) is 43.5 Å². The Bertz CT molecular complexity index is 699. The molecular formula is C16H16N2O3. The number of nitrogens with zero attached hydrogens (tertiary/aromatic N) is 1. The molecule has 0 bridgehead atoms. The molecule has 0 saturated heterocycles. The number of amides is 1. The molecule has 1 aliphatic rings. The topological polar surface area (TPSA) is 79.3 Å². The van der Waals surface area contributed by atoms with Gasteiger partial charge in [0.25, 0.3) is 5.91 Å². The first-order chi connectivity index (χ1) is 10.1. The van der Waals surface area contributed by atoms with E-state index < -0.39 is 5.97 Å². The van der Waals surface area contributed by atoms with Crippen molar-refractivity contribution in [3.8, 4) is 0 Å². The van der Waals surface area contributed by atoms with Gasteiger partial charge in [-0.2, -0.15) is 0 Å². The SMILES string of the molecule is O=C(N[C@@H]1CC[C@@H](C(=O)O)C1)c1ccc2ncccc2c1. The lowest BCUT2D eigenvalue weighted by molar-refractivity contribution is -0.141. The molecule has 1 amide bonds. The Kier molecular flexibility index (Phi) is 3.56. The fourth-order valence-electron chi connectivity index (χ4n) is 2.82. The average Bonchev–Trinajstić information content (AvgIpc) is 2.95. The third-order valence-electron chi connectivity index (χ3n) is 3.98. The van der Waals surface area contributed by atoms with E-state index in [1.54, 1.807) is 18.3 Å². The maximum Gasteiger partial charge on any atom is 0.306 e. The van der Waals surface area contributed by atoms with Crippen LogP contribution in [-0.4, -0.2) is 28.0 Å². The highest BCUT2D eigenvalue weighted by Crippen LogP contribution is 2.26. The van der Waals surface area contributed by atoms with Crippen molar-refractivity contribution in [2.75, 3.05) is 0 Å². The van der Waals surface area contributed by atoms with Gasteiger partial charge in [0.1, 0.15) is 0 Å². The largest absolute Gasteiger partial charge is 0.481 e. The maximum absolute atomic E-state index is 12.2. The molecule has 2 atom stereocenters. The van der Waals surface area contributed by atoms with Gasteiger partial charge in [0, 0.05) is 23.2 Å². The minimum atomic E-state index is -0.775. The quantitative estimate of drug-likeness (QED) is 0.905. The lowest BCUT2D eigenvalue weighted by Gasteiger charge is -2.12. The van der Waals surface area contributed by atoms with Crippen molar-refractivity contribution < 1.29 is 14.7 Å². The Balaban J connectivity index is 1.71. The molecule has 0 radical (unpaired) electrons. The molecule has 1 aliphatic carbocycles. The fourth-order valence-corrected chi connectivity index (χ4v) is 2.82. The van der Waals surface area contributed by atoms with Crippen LogP contribution >= 0.6 is 0 Å². The molecule has 0 aliphatic heterocycles. The van der Waals surface area contributed by atoms with Gasteiger partial charge in [0.2, 0.25) is 0 Å². The van der Waals surface area contributed by atoms with E-state index in [0.717, 1.165) is 17.3 Å². The summed E-state index contributed by atoms with van der Waals surface area (Å²) in [7, 11) is 0. The summed E-state index contributed by atoms with van der Waals surface area (Å²) in [6.07, 6.45) is 3.57. The minimum absolute atomic E-state index is 0.0526. The molecular weight excluding hydrogens is 268 g/mol. The zero-order valence-electron chi connectivity index (χ0n) is 11.5. The van der Waals surface area contributed by atoms with E-state index in [1.807, 2.05) is 18.2 Å². The lowest BCUT2D eigenvalue weighted by Crippen LogP contribution is -2.33. The normalized spacial score (nSPS) is 21.3. The number of aliphatic carboxylic acids is 1. The van der Waals surface area contributed by atoms with E-state index in [-0.39, 0.29) is 17.9 Å². The summed E-state index contributed by atoms with van der Waals surface area (Å²) in [5.74, 6) is -1.27. The Labute approximate surface area is 122 Å². The van der Waals surface area contributed by atoms with Gasteiger partial charge < -0.3 is 10.4 Å². The van der Waals surface area contributed by atoms with Gasteiger partial charge >= 0.3 is 5.97 Å². The van der Waals surface area contributed by atoms with Crippen LogP contribution in [0.15, 0.2) is 36.5 Å². The maximum atomic E-state index is 12.2. The number of carbonyl (C=O) groups is 2. The number of pyridine rings is 1. The van der Waals surface area contributed by atoms with Gasteiger partial charge in [0.05, 0.1) is 11.4 Å². The van der Waals surface area contributed by atoms with Gasteiger partial charge in [-0.3, -0.25) is 14.6 Å². The smallest absolute Gasteiger partial charge is 0.306 e. The molecule has 3 rings (SSSR count). The molecule has 5 nitrogen and oxygen atoms in total. The molecule has 5 heteroatoms. The fraction of sp³-hybridized carbons (Fsp3) is 0.312. The van der Waals surface area contributed by atoms with Crippen molar-refractivity contribution >= 4 is 22.8 Å². The van der Waals surface area contributed by atoms with Crippen LogP contribution in [0.25, 0.3) is 10.9 Å². The highest BCUT2D eigenvalue weighted by molar-refractivity contribution is 5.98. The second kappa shape index (κ2) is 5.52. The van der Waals surface area contributed by atoms with Crippen LogP contribution in [0, 0.1) is 5.92 Å². The molecule has 1 fully saturated rings. The molecule has 0 spiro atoms. The monoisotopic (exact) mass is 284 g/mol. The second-order valence-electron chi connectivity index (χ2n) is 5.43. The Morgan fingerprint density at radius 3 is 2.86 bits per heavy atom. The zero-order valence-corrected chi connectivity index (χ0v) is 11.5. The zero-order chi connectivity index (χ0) is 14.8. The van der Waals surface area contributed by atoms with Gasteiger partial charge in [0.15, 0.2) is 0 Å². The molecule has 1 aromatic carbocycles. The van der Waals surface area contributed by atoms with E-state index in [2.05, 4.69) is 10.3 Å². The number of carboxylic acids is 1. The average molecular weight is 284 g/mol. The Hall–Kier alpha value is -2.43. The van der Waals surface area contributed by atoms with Crippen molar-refractivity contribution in [2.24, 2.45) is 5.92 Å². The number of hydrogen-bond donors (Lipinski definition) is 2. The van der Waals surface area contributed by atoms with Crippen LogP contribution < -0.4 is 5.32 Å². The van der Waals surface area contributed by atoms with E-state index >= 15 is 0 Å². The standard InChI is InChI=1S/C16H16N2O3/c19-15(18-13-5-3-12(9-13)16(20)21)11-4-6-14-10(8-11)2-1-7-17-14/h1-2,4,6-8,12-13H,3,5,9H2,(H,18,19)(H,20,21)/t12-,13-/m1/s1. The van der Waals surface area contributed by atoms with E-state index in [9.17, 15) is 9.59 Å². The van der Waals surface area contributed by atoms with Crippen molar-refractivity contribution in [3.05, 3.63) is 42.1 Å². The van der Waals surface area contributed by atoms with Crippen LogP contribution in [0.5, 0.6) is 0 Å². The van der Waals surface area contributed by atoms with Crippen LogP contribution in [0.1, 0.15) is 29.6 Å². The minimum Gasteiger partial charge on any atom is -0.481 e. The van der Waals surface area contributed by atoms with Crippen molar-refractivity contribution in [1.82, 2.24) is 10.3 Å². The number of carboxylic acid groups (broad SMARTS) is 1. The summed E-state index contributed by atoms with van der Waals surface area (Å²) in [4.78, 5) is 27.4. The predicted octanol–water partition coefficient (Wildman–Crippen LogP) is 2.22. The van der Waals surface area contributed by atoms with E-state index in [0.29, 0.717) is 18.4 Å². The van der Waals surface area contributed by atoms with Gasteiger partial charge in [-0.1, -0.05) is 6.07 Å². The van der Waals surface area contributed by atoms with Gasteiger partial charge in [-0.25, -0.2) is 0 Å². The van der Waals surface area contributed by atoms with E-state index in [1.165, 1.54) is 0 Å². The molecule has 1 aromatic heterocycles. The first-order valence-electron chi connectivity index (χ1n) is 7.02. The van der Waals surface area contributed by atoms with Crippen LogP contribution in [0.2, 0.25) is 0 Å². The van der Waals surface area contributed by atoms with Gasteiger partial charge in [-0.15, -0.1) is 0 Å². The molecule has 0 unspecified atom stereocenters. The predicted molar refractivity (Wildman–Crippen MR) is 78.0 cm³/mol. The second-order valence-corrected chi connectivity index (χ2v) is 5.43. The first-order valence-corrected chi connectivity index (χ1v) is 7.02. The van der Waals surface area contributed by atoms with Crippen LogP contribution in [0.4, 0.5) is 0 Å². The van der Waals surface area contributed by atoms with Crippen molar-refractivity contribution in [2.45, 2.75) is 25.3 Å². The molecule has 108 valence electrons.